The standard InChI is InChI=1S/C14H16N2O2/c1-2-12(17)15-7-9-3-4-10-8-16-14-11(13(9)10)5-6-18-14/h7-8H,2-6H2,1H3,(H,15,17)/b9-7+. The number of pyridine rings is 1. The molecule has 4 nitrogen and oxygen atoms in total. The molecule has 0 radical (unpaired) electrons. The van der Waals surface area contributed by atoms with E-state index in [9.17, 15) is 4.79 Å². The van der Waals surface area contributed by atoms with E-state index >= 15 is 0 Å². The van der Waals surface area contributed by atoms with Crippen LogP contribution in [0.3, 0.4) is 0 Å². The van der Waals surface area contributed by atoms with Crippen molar-refractivity contribution in [3.8, 4) is 5.88 Å². The Balaban J connectivity index is 1.96. The lowest BCUT2D eigenvalue weighted by atomic mass is 10.0. The summed E-state index contributed by atoms with van der Waals surface area (Å²) in [6, 6.07) is 0. The maximum atomic E-state index is 11.3. The molecule has 3 rings (SSSR count). The van der Waals surface area contributed by atoms with Gasteiger partial charge in [-0.05, 0) is 29.5 Å². The quantitative estimate of drug-likeness (QED) is 0.863. The van der Waals surface area contributed by atoms with E-state index in [-0.39, 0.29) is 5.91 Å². The maximum absolute atomic E-state index is 11.3. The predicted molar refractivity (Wildman–Crippen MR) is 68.2 cm³/mol. The van der Waals surface area contributed by atoms with Gasteiger partial charge in [0.25, 0.3) is 0 Å². The number of fused-ring (bicyclic) bond motifs is 3. The summed E-state index contributed by atoms with van der Waals surface area (Å²) in [6.07, 6.45) is 7.16. The second-order valence-electron chi connectivity index (χ2n) is 4.63. The largest absolute Gasteiger partial charge is 0.477 e. The van der Waals surface area contributed by atoms with Crippen molar-refractivity contribution >= 4 is 11.5 Å². The molecule has 0 atom stereocenters. The van der Waals surface area contributed by atoms with Crippen molar-refractivity contribution in [2.45, 2.75) is 32.6 Å². The average molecular weight is 244 g/mol. The van der Waals surface area contributed by atoms with Gasteiger partial charge in [-0.3, -0.25) is 4.79 Å². The molecule has 1 amide bonds. The van der Waals surface area contributed by atoms with Crippen LogP contribution in [0.1, 0.15) is 36.5 Å². The van der Waals surface area contributed by atoms with Crippen LogP contribution in [-0.2, 0) is 17.6 Å². The van der Waals surface area contributed by atoms with Crippen molar-refractivity contribution in [2.75, 3.05) is 6.61 Å². The molecule has 18 heavy (non-hydrogen) atoms. The summed E-state index contributed by atoms with van der Waals surface area (Å²) >= 11 is 0. The van der Waals surface area contributed by atoms with Crippen LogP contribution in [0.25, 0.3) is 5.57 Å². The molecule has 0 spiro atoms. The minimum atomic E-state index is 0.0536. The number of nitrogens with one attached hydrogen (secondary N) is 1. The molecule has 1 N–H and O–H groups in total. The number of carbonyl (C=O) groups is 1. The highest BCUT2D eigenvalue weighted by molar-refractivity contribution is 5.81. The fourth-order valence-corrected chi connectivity index (χ4v) is 2.58. The van der Waals surface area contributed by atoms with Crippen LogP contribution in [0.5, 0.6) is 5.88 Å². The molecule has 1 aliphatic carbocycles. The first kappa shape index (κ1) is 11.3. The fraction of sp³-hybridized carbons (Fsp3) is 0.429. The second-order valence-corrected chi connectivity index (χ2v) is 4.63. The summed E-state index contributed by atoms with van der Waals surface area (Å²) < 4.78 is 5.49. The Morgan fingerprint density at radius 2 is 2.39 bits per heavy atom. The molecule has 2 heterocycles. The van der Waals surface area contributed by atoms with Crippen molar-refractivity contribution in [3.63, 3.8) is 0 Å². The van der Waals surface area contributed by atoms with Gasteiger partial charge >= 0.3 is 0 Å². The molecule has 94 valence electrons. The van der Waals surface area contributed by atoms with Crippen molar-refractivity contribution in [2.24, 2.45) is 0 Å². The van der Waals surface area contributed by atoms with Crippen LogP contribution >= 0.6 is 0 Å². The van der Waals surface area contributed by atoms with E-state index in [0.29, 0.717) is 13.0 Å². The van der Waals surface area contributed by atoms with E-state index in [1.54, 1.807) is 0 Å². The van der Waals surface area contributed by atoms with E-state index in [1.165, 1.54) is 22.3 Å². The minimum Gasteiger partial charge on any atom is -0.477 e. The number of nitrogens with zero attached hydrogens (tertiary/aromatic N) is 1. The van der Waals surface area contributed by atoms with Gasteiger partial charge in [0.2, 0.25) is 11.8 Å². The molecule has 0 saturated heterocycles. The third-order valence-corrected chi connectivity index (χ3v) is 3.52. The van der Waals surface area contributed by atoms with Gasteiger partial charge in [0.1, 0.15) is 0 Å². The predicted octanol–water partition coefficient (Wildman–Crippen LogP) is 1.83. The first-order valence-electron chi connectivity index (χ1n) is 6.42. The molecular weight excluding hydrogens is 228 g/mol. The number of ether oxygens (including phenoxy) is 1. The Hall–Kier alpha value is -1.84. The number of hydrogen-bond acceptors (Lipinski definition) is 3. The Morgan fingerprint density at radius 3 is 3.22 bits per heavy atom. The molecule has 1 aliphatic heterocycles. The van der Waals surface area contributed by atoms with Gasteiger partial charge in [0.15, 0.2) is 0 Å². The molecule has 0 bridgehead atoms. The van der Waals surface area contributed by atoms with Gasteiger partial charge in [-0.25, -0.2) is 4.98 Å². The third-order valence-electron chi connectivity index (χ3n) is 3.52. The topological polar surface area (TPSA) is 51.2 Å². The smallest absolute Gasteiger partial charge is 0.223 e. The first-order valence-corrected chi connectivity index (χ1v) is 6.42. The highest BCUT2D eigenvalue weighted by Gasteiger charge is 2.26. The lowest BCUT2D eigenvalue weighted by molar-refractivity contribution is -0.119. The third kappa shape index (κ3) is 1.78. The Labute approximate surface area is 106 Å². The van der Waals surface area contributed by atoms with Crippen LogP contribution in [-0.4, -0.2) is 17.5 Å². The average Bonchev–Trinajstić information content (AvgIpc) is 3.01. The van der Waals surface area contributed by atoms with E-state index in [1.807, 2.05) is 19.3 Å². The van der Waals surface area contributed by atoms with Crippen LogP contribution in [0, 0.1) is 0 Å². The van der Waals surface area contributed by atoms with Gasteiger partial charge in [0.05, 0.1) is 6.61 Å². The normalized spacial score (nSPS) is 18.4. The van der Waals surface area contributed by atoms with E-state index in [2.05, 4.69) is 10.3 Å². The van der Waals surface area contributed by atoms with Crippen LogP contribution in [0.2, 0.25) is 0 Å². The number of amides is 1. The van der Waals surface area contributed by atoms with E-state index < -0.39 is 0 Å². The highest BCUT2D eigenvalue weighted by atomic mass is 16.5. The Morgan fingerprint density at radius 1 is 1.50 bits per heavy atom. The number of allylic oxidation sites excluding steroid dienone is 1. The van der Waals surface area contributed by atoms with Gasteiger partial charge in [-0.2, -0.15) is 0 Å². The molecule has 4 heteroatoms. The summed E-state index contributed by atoms with van der Waals surface area (Å²) in [5, 5.41) is 2.84. The van der Waals surface area contributed by atoms with Gasteiger partial charge in [0, 0.05) is 30.8 Å². The molecule has 0 aromatic carbocycles. The molecule has 0 fully saturated rings. The van der Waals surface area contributed by atoms with Crippen LogP contribution in [0.15, 0.2) is 12.4 Å². The van der Waals surface area contributed by atoms with Crippen LogP contribution in [0.4, 0.5) is 0 Å². The molecule has 0 saturated carbocycles. The number of carbonyl (C=O) groups excluding carboxylic acids is 1. The fourth-order valence-electron chi connectivity index (χ4n) is 2.58. The zero-order valence-electron chi connectivity index (χ0n) is 10.5. The lowest BCUT2D eigenvalue weighted by Crippen LogP contribution is -2.15. The number of aryl methyl sites for hydroxylation is 1. The van der Waals surface area contributed by atoms with Crippen molar-refractivity contribution < 1.29 is 9.53 Å². The second kappa shape index (κ2) is 4.44. The molecule has 2 aliphatic rings. The molecule has 1 aromatic rings. The summed E-state index contributed by atoms with van der Waals surface area (Å²) in [4.78, 5) is 15.7. The molecule has 1 aromatic heterocycles. The minimum absolute atomic E-state index is 0.0536. The molecular formula is C14H16N2O2. The Kier molecular flexibility index (Phi) is 2.78. The Bertz CT molecular complexity index is 535. The van der Waals surface area contributed by atoms with Gasteiger partial charge < -0.3 is 10.1 Å². The summed E-state index contributed by atoms with van der Waals surface area (Å²) in [7, 11) is 0. The SMILES string of the molecule is CCC(=O)N/C=C1\CCc2cnc3c(c21)CCO3. The number of hydrogen-bond donors (Lipinski definition) is 1. The van der Waals surface area contributed by atoms with Gasteiger partial charge in [-0.1, -0.05) is 6.92 Å². The summed E-state index contributed by atoms with van der Waals surface area (Å²) in [6.45, 7) is 2.57. The zero-order chi connectivity index (χ0) is 12.5. The van der Waals surface area contributed by atoms with Crippen molar-refractivity contribution in [1.82, 2.24) is 10.3 Å². The maximum Gasteiger partial charge on any atom is 0.223 e. The monoisotopic (exact) mass is 244 g/mol. The van der Waals surface area contributed by atoms with E-state index in [0.717, 1.165) is 25.1 Å². The highest BCUT2D eigenvalue weighted by Crippen LogP contribution is 2.39. The van der Waals surface area contributed by atoms with Crippen molar-refractivity contribution in [1.29, 1.82) is 0 Å². The van der Waals surface area contributed by atoms with Gasteiger partial charge in [-0.15, -0.1) is 0 Å². The zero-order valence-corrected chi connectivity index (χ0v) is 10.5. The van der Waals surface area contributed by atoms with Crippen molar-refractivity contribution in [3.05, 3.63) is 29.1 Å². The summed E-state index contributed by atoms with van der Waals surface area (Å²) in [5.41, 5.74) is 4.95. The molecule has 0 unspecified atom stereocenters. The van der Waals surface area contributed by atoms with E-state index in [4.69, 9.17) is 4.74 Å². The first-order chi connectivity index (χ1) is 8.79. The van der Waals surface area contributed by atoms with Crippen LogP contribution < -0.4 is 10.1 Å². The summed E-state index contributed by atoms with van der Waals surface area (Å²) in [5.74, 6) is 0.821. The number of aromatic nitrogens is 1. The lowest BCUT2D eigenvalue weighted by Gasteiger charge is -2.07. The number of rotatable bonds is 2.